The fourth-order valence-electron chi connectivity index (χ4n) is 1.33. The minimum Gasteiger partial charge on any atom is -0.507 e. The molecule has 1 aromatic carbocycles. The number of hydrogen-bond donors (Lipinski definition) is 2. The van der Waals surface area contributed by atoms with Crippen molar-refractivity contribution in [3.8, 4) is 5.75 Å². The maximum Gasteiger partial charge on any atom is 0.260 e. The van der Waals surface area contributed by atoms with Crippen molar-refractivity contribution in [3.05, 3.63) is 53.7 Å². The highest BCUT2D eigenvalue weighted by molar-refractivity contribution is 6.05. The van der Waals surface area contributed by atoms with E-state index in [1.807, 2.05) is 0 Å². The molecule has 0 fully saturated rings. The average Bonchev–Trinajstić information content (AvgIpc) is 2.32. The van der Waals surface area contributed by atoms with Gasteiger partial charge < -0.3 is 10.4 Å². The lowest BCUT2D eigenvalue weighted by Crippen LogP contribution is -2.13. The van der Waals surface area contributed by atoms with Gasteiger partial charge in [0.2, 0.25) is 0 Å². The van der Waals surface area contributed by atoms with Crippen LogP contribution in [0.4, 0.5) is 14.6 Å². The van der Waals surface area contributed by atoms with Crippen molar-refractivity contribution < 1.29 is 18.7 Å². The van der Waals surface area contributed by atoms with Gasteiger partial charge in [0.1, 0.15) is 23.2 Å². The van der Waals surface area contributed by atoms with E-state index in [0.717, 1.165) is 30.5 Å². The highest BCUT2D eigenvalue weighted by atomic mass is 19.1. The fraction of sp³-hybridized carbons (Fsp3) is 0. The third kappa shape index (κ3) is 2.60. The first kappa shape index (κ1) is 12.0. The zero-order valence-corrected chi connectivity index (χ0v) is 9.02. The van der Waals surface area contributed by atoms with Crippen LogP contribution in [0.1, 0.15) is 10.4 Å². The second-order valence-electron chi connectivity index (χ2n) is 3.48. The largest absolute Gasteiger partial charge is 0.507 e. The SMILES string of the molecule is O=C(Nc1ccc(F)cn1)c1ccc(F)cc1O. The highest BCUT2D eigenvalue weighted by Crippen LogP contribution is 2.19. The first-order valence-corrected chi connectivity index (χ1v) is 4.97. The van der Waals surface area contributed by atoms with Gasteiger partial charge in [-0.25, -0.2) is 13.8 Å². The molecule has 1 aromatic heterocycles. The zero-order valence-electron chi connectivity index (χ0n) is 9.02. The number of pyridine rings is 1. The number of nitrogens with one attached hydrogen (secondary N) is 1. The Morgan fingerprint density at radius 1 is 1.17 bits per heavy atom. The highest BCUT2D eigenvalue weighted by Gasteiger charge is 2.12. The number of aromatic hydroxyl groups is 1. The minimum atomic E-state index is -0.661. The number of halogens is 2. The monoisotopic (exact) mass is 250 g/mol. The number of hydrogen-bond acceptors (Lipinski definition) is 3. The van der Waals surface area contributed by atoms with Crippen LogP contribution >= 0.6 is 0 Å². The van der Waals surface area contributed by atoms with Crippen LogP contribution in [0.2, 0.25) is 0 Å². The molecule has 4 nitrogen and oxygen atoms in total. The van der Waals surface area contributed by atoms with Gasteiger partial charge in [-0.3, -0.25) is 4.79 Å². The molecular weight excluding hydrogens is 242 g/mol. The molecule has 0 saturated carbocycles. The Hall–Kier alpha value is -2.50. The number of aromatic nitrogens is 1. The number of nitrogens with zero attached hydrogens (tertiary/aromatic N) is 1. The Balaban J connectivity index is 2.19. The summed E-state index contributed by atoms with van der Waals surface area (Å²) in [7, 11) is 0. The van der Waals surface area contributed by atoms with Crippen molar-refractivity contribution in [2.45, 2.75) is 0 Å². The van der Waals surface area contributed by atoms with E-state index in [0.29, 0.717) is 0 Å². The van der Waals surface area contributed by atoms with E-state index >= 15 is 0 Å². The van der Waals surface area contributed by atoms with Crippen LogP contribution < -0.4 is 5.32 Å². The second kappa shape index (κ2) is 4.79. The molecule has 1 heterocycles. The third-order valence-corrected chi connectivity index (χ3v) is 2.17. The summed E-state index contributed by atoms with van der Waals surface area (Å²) >= 11 is 0. The van der Waals surface area contributed by atoms with Crippen molar-refractivity contribution in [3.63, 3.8) is 0 Å². The number of amides is 1. The van der Waals surface area contributed by atoms with Gasteiger partial charge in [0.15, 0.2) is 0 Å². The van der Waals surface area contributed by atoms with Gasteiger partial charge in [0.25, 0.3) is 5.91 Å². The quantitative estimate of drug-likeness (QED) is 0.859. The summed E-state index contributed by atoms with van der Waals surface area (Å²) in [4.78, 5) is 15.3. The van der Waals surface area contributed by atoms with Gasteiger partial charge in [-0.1, -0.05) is 0 Å². The van der Waals surface area contributed by atoms with Crippen molar-refractivity contribution >= 4 is 11.7 Å². The van der Waals surface area contributed by atoms with Gasteiger partial charge in [-0.15, -0.1) is 0 Å². The van der Waals surface area contributed by atoms with Gasteiger partial charge in [-0.2, -0.15) is 0 Å². The van der Waals surface area contributed by atoms with Crippen molar-refractivity contribution in [1.82, 2.24) is 4.98 Å². The van der Waals surface area contributed by atoms with Crippen molar-refractivity contribution in [2.75, 3.05) is 5.32 Å². The Morgan fingerprint density at radius 3 is 2.50 bits per heavy atom. The topological polar surface area (TPSA) is 62.2 Å². The van der Waals surface area contributed by atoms with Crippen molar-refractivity contribution in [1.29, 1.82) is 0 Å². The minimum absolute atomic E-state index is 0.0949. The second-order valence-corrected chi connectivity index (χ2v) is 3.48. The number of rotatable bonds is 2. The van der Waals surface area contributed by atoms with E-state index in [1.165, 1.54) is 6.07 Å². The molecule has 92 valence electrons. The molecule has 6 heteroatoms. The number of anilines is 1. The summed E-state index contributed by atoms with van der Waals surface area (Å²) in [6, 6.07) is 5.42. The molecule has 0 bridgehead atoms. The Kier molecular flexibility index (Phi) is 3.18. The zero-order chi connectivity index (χ0) is 13.1. The molecule has 18 heavy (non-hydrogen) atoms. The van der Waals surface area contributed by atoms with E-state index < -0.39 is 23.3 Å². The molecular formula is C12H8F2N2O2. The van der Waals surface area contributed by atoms with Gasteiger partial charge in [0, 0.05) is 6.07 Å². The van der Waals surface area contributed by atoms with Gasteiger partial charge in [0.05, 0.1) is 11.8 Å². The van der Waals surface area contributed by atoms with Crippen LogP contribution in [0.3, 0.4) is 0 Å². The van der Waals surface area contributed by atoms with E-state index in [-0.39, 0.29) is 11.4 Å². The Labute approximate surface area is 101 Å². The molecule has 0 aliphatic rings. The molecule has 0 radical (unpaired) electrons. The summed E-state index contributed by atoms with van der Waals surface area (Å²) in [6.45, 7) is 0. The molecule has 0 atom stereocenters. The van der Waals surface area contributed by atoms with Crippen molar-refractivity contribution in [2.24, 2.45) is 0 Å². The lowest BCUT2D eigenvalue weighted by atomic mass is 10.2. The van der Waals surface area contributed by atoms with Gasteiger partial charge >= 0.3 is 0 Å². The van der Waals surface area contributed by atoms with Crippen LogP contribution in [0, 0.1) is 11.6 Å². The summed E-state index contributed by atoms with van der Waals surface area (Å²) in [6.07, 6.45) is 0.945. The van der Waals surface area contributed by atoms with Crippen LogP contribution in [-0.4, -0.2) is 16.0 Å². The summed E-state index contributed by atoms with van der Waals surface area (Å²) in [5, 5.41) is 11.7. The molecule has 2 aromatic rings. The van der Waals surface area contributed by atoms with E-state index in [2.05, 4.69) is 10.3 Å². The van der Waals surface area contributed by atoms with Crippen LogP contribution in [0.15, 0.2) is 36.5 Å². The predicted octanol–water partition coefficient (Wildman–Crippen LogP) is 2.32. The maximum atomic E-state index is 12.7. The third-order valence-electron chi connectivity index (χ3n) is 2.17. The fourth-order valence-corrected chi connectivity index (χ4v) is 1.33. The Bertz CT molecular complexity index is 585. The molecule has 0 spiro atoms. The first-order chi connectivity index (χ1) is 8.56. The summed E-state index contributed by atoms with van der Waals surface area (Å²) in [5.74, 6) is -2.19. The van der Waals surface area contributed by atoms with E-state index in [4.69, 9.17) is 0 Å². The van der Waals surface area contributed by atoms with Crippen LogP contribution in [0.5, 0.6) is 5.75 Å². The molecule has 0 unspecified atom stereocenters. The van der Waals surface area contributed by atoms with E-state index in [9.17, 15) is 18.7 Å². The van der Waals surface area contributed by atoms with E-state index in [1.54, 1.807) is 0 Å². The normalized spacial score (nSPS) is 10.1. The molecule has 2 N–H and O–H groups in total. The maximum absolute atomic E-state index is 12.7. The standard InChI is InChI=1S/C12H8F2N2O2/c13-7-1-3-9(10(17)5-7)12(18)16-11-4-2-8(14)6-15-11/h1-6,17H,(H,15,16,18). The van der Waals surface area contributed by atoms with Gasteiger partial charge in [-0.05, 0) is 24.3 Å². The number of carbonyl (C=O) groups excluding carboxylic acids is 1. The van der Waals surface area contributed by atoms with Crippen LogP contribution in [0.25, 0.3) is 0 Å². The Morgan fingerprint density at radius 2 is 1.89 bits per heavy atom. The lowest BCUT2D eigenvalue weighted by molar-refractivity contribution is 0.102. The number of phenolic OH excluding ortho intramolecular Hbond substituents is 1. The predicted molar refractivity (Wildman–Crippen MR) is 60.2 cm³/mol. The molecule has 0 aliphatic heterocycles. The smallest absolute Gasteiger partial charge is 0.260 e. The molecule has 2 rings (SSSR count). The number of phenols is 1. The molecule has 0 aliphatic carbocycles. The molecule has 0 saturated heterocycles. The summed E-state index contributed by atoms with van der Waals surface area (Å²) in [5.41, 5.74) is -0.0949. The lowest BCUT2D eigenvalue weighted by Gasteiger charge is -2.05. The first-order valence-electron chi connectivity index (χ1n) is 4.97. The number of carbonyl (C=O) groups is 1. The number of benzene rings is 1. The summed E-state index contributed by atoms with van der Waals surface area (Å²) < 4.78 is 25.3. The molecule has 1 amide bonds. The average molecular weight is 250 g/mol. The van der Waals surface area contributed by atoms with Crippen LogP contribution in [-0.2, 0) is 0 Å².